The third kappa shape index (κ3) is 3.11. The van der Waals surface area contributed by atoms with Gasteiger partial charge in [0.15, 0.2) is 11.5 Å². The molecule has 0 fully saturated rings. The second-order valence-electron chi connectivity index (χ2n) is 6.45. The molecule has 0 amide bonds. The number of nitriles is 1. The van der Waals surface area contributed by atoms with Gasteiger partial charge in [0.2, 0.25) is 11.8 Å². The SMILES string of the molecule is COc1cccc([C@H]2C(C#N)=C(N)Oc3n[nH]c(-c4ccc(Cl)c(Cl)c4)c32)c1OC. The van der Waals surface area contributed by atoms with E-state index in [9.17, 15) is 5.26 Å². The van der Waals surface area contributed by atoms with Gasteiger partial charge < -0.3 is 19.9 Å². The lowest BCUT2D eigenvalue weighted by molar-refractivity contribution is 0.348. The summed E-state index contributed by atoms with van der Waals surface area (Å²) in [6.07, 6.45) is 0. The molecule has 0 spiro atoms. The van der Waals surface area contributed by atoms with Crippen molar-refractivity contribution in [3.8, 4) is 34.7 Å². The topological polar surface area (TPSA) is 106 Å². The van der Waals surface area contributed by atoms with E-state index < -0.39 is 5.92 Å². The zero-order chi connectivity index (χ0) is 21.4. The number of halogens is 2. The van der Waals surface area contributed by atoms with Gasteiger partial charge in [-0.2, -0.15) is 5.26 Å². The molecular weight excluding hydrogens is 427 g/mol. The van der Waals surface area contributed by atoms with Gasteiger partial charge in [0, 0.05) is 11.1 Å². The van der Waals surface area contributed by atoms with Gasteiger partial charge in [0.25, 0.3) is 0 Å². The van der Waals surface area contributed by atoms with E-state index >= 15 is 0 Å². The van der Waals surface area contributed by atoms with Crippen LogP contribution in [0.3, 0.4) is 0 Å². The van der Waals surface area contributed by atoms with Crippen LogP contribution < -0.4 is 19.9 Å². The quantitative estimate of drug-likeness (QED) is 0.610. The van der Waals surface area contributed by atoms with Crippen molar-refractivity contribution in [2.45, 2.75) is 5.92 Å². The lowest BCUT2D eigenvalue weighted by atomic mass is 9.82. The van der Waals surface area contributed by atoms with Gasteiger partial charge in [-0.15, -0.1) is 5.10 Å². The Morgan fingerprint density at radius 3 is 2.63 bits per heavy atom. The Morgan fingerprint density at radius 1 is 1.17 bits per heavy atom. The van der Waals surface area contributed by atoms with Crippen LogP contribution in [0.5, 0.6) is 17.4 Å². The molecule has 1 aliphatic heterocycles. The van der Waals surface area contributed by atoms with Crippen molar-refractivity contribution in [2.75, 3.05) is 14.2 Å². The van der Waals surface area contributed by atoms with Crippen LogP contribution in [-0.2, 0) is 0 Å². The van der Waals surface area contributed by atoms with E-state index in [-0.39, 0.29) is 17.3 Å². The largest absolute Gasteiger partial charge is 0.493 e. The fourth-order valence-corrected chi connectivity index (χ4v) is 3.87. The van der Waals surface area contributed by atoms with Crippen LogP contribution in [0.4, 0.5) is 0 Å². The minimum Gasteiger partial charge on any atom is -0.493 e. The maximum atomic E-state index is 9.88. The molecule has 0 aliphatic carbocycles. The smallest absolute Gasteiger partial charge is 0.244 e. The van der Waals surface area contributed by atoms with Crippen molar-refractivity contribution in [3.63, 3.8) is 0 Å². The van der Waals surface area contributed by atoms with Crippen LogP contribution in [-0.4, -0.2) is 24.4 Å². The third-order valence-electron chi connectivity index (χ3n) is 4.89. The first-order chi connectivity index (χ1) is 14.5. The molecule has 1 aliphatic rings. The molecule has 0 radical (unpaired) electrons. The number of allylic oxidation sites excluding steroid dienone is 1. The van der Waals surface area contributed by atoms with Gasteiger partial charge in [-0.1, -0.05) is 41.4 Å². The number of methoxy groups -OCH3 is 2. The number of para-hydroxylation sites is 1. The van der Waals surface area contributed by atoms with Crippen molar-refractivity contribution < 1.29 is 14.2 Å². The molecule has 0 unspecified atom stereocenters. The Hall–Kier alpha value is -3.34. The Kier molecular flexibility index (Phi) is 5.20. The Labute approximate surface area is 182 Å². The molecule has 0 bridgehead atoms. The highest BCUT2D eigenvalue weighted by Crippen LogP contribution is 2.49. The summed E-state index contributed by atoms with van der Waals surface area (Å²) >= 11 is 12.3. The average Bonchev–Trinajstić information content (AvgIpc) is 3.17. The van der Waals surface area contributed by atoms with Crippen molar-refractivity contribution in [2.24, 2.45) is 5.73 Å². The number of ether oxygens (including phenoxy) is 3. The summed E-state index contributed by atoms with van der Waals surface area (Å²) in [6.45, 7) is 0. The minimum absolute atomic E-state index is 0.0212. The normalized spacial score (nSPS) is 15.2. The van der Waals surface area contributed by atoms with Crippen LogP contribution >= 0.6 is 23.2 Å². The molecule has 1 atom stereocenters. The molecule has 1 aromatic heterocycles. The van der Waals surface area contributed by atoms with Crippen molar-refractivity contribution >= 4 is 23.2 Å². The van der Waals surface area contributed by atoms with E-state index in [0.717, 1.165) is 5.56 Å². The van der Waals surface area contributed by atoms with E-state index in [1.54, 1.807) is 31.4 Å². The number of hydrogen-bond acceptors (Lipinski definition) is 6. The molecule has 2 heterocycles. The molecule has 3 N–H and O–H groups in total. The highest BCUT2D eigenvalue weighted by Gasteiger charge is 2.37. The number of fused-ring (bicyclic) bond motifs is 1. The lowest BCUT2D eigenvalue weighted by Crippen LogP contribution is -2.21. The second-order valence-corrected chi connectivity index (χ2v) is 7.27. The predicted octanol–water partition coefficient (Wildman–Crippen LogP) is 4.62. The molecule has 152 valence electrons. The number of hydrogen-bond donors (Lipinski definition) is 2. The Bertz CT molecular complexity index is 1210. The minimum atomic E-state index is -0.605. The molecule has 0 saturated carbocycles. The van der Waals surface area contributed by atoms with Crippen LogP contribution in [0, 0.1) is 11.3 Å². The van der Waals surface area contributed by atoms with Gasteiger partial charge in [-0.3, -0.25) is 5.10 Å². The number of H-pyrrole nitrogens is 1. The molecule has 4 rings (SSSR count). The predicted molar refractivity (Wildman–Crippen MR) is 113 cm³/mol. The standard InChI is InChI=1S/C21H16Cl2N4O3/c1-28-15-5-3-4-11(19(15)29-2)16-12(9-24)20(25)30-21-17(16)18(26-27-21)10-6-7-13(22)14(23)8-10/h3-8,16H,25H2,1-2H3,(H,26,27)/t16-/m0/s1. The summed E-state index contributed by atoms with van der Waals surface area (Å²) in [5, 5.41) is 17.9. The lowest BCUT2D eigenvalue weighted by Gasteiger charge is -2.26. The van der Waals surface area contributed by atoms with Gasteiger partial charge in [0.05, 0.1) is 41.4 Å². The van der Waals surface area contributed by atoms with E-state index in [1.807, 2.05) is 12.1 Å². The van der Waals surface area contributed by atoms with Crippen molar-refractivity contribution in [1.82, 2.24) is 10.2 Å². The summed E-state index contributed by atoms with van der Waals surface area (Å²) in [5.74, 6) is 0.652. The number of aromatic nitrogens is 2. The molecule has 9 heteroatoms. The summed E-state index contributed by atoms with van der Waals surface area (Å²) in [4.78, 5) is 0. The molecule has 2 aromatic carbocycles. The average molecular weight is 443 g/mol. The van der Waals surface area contributed by atoms with Crippen LogP contribution in [0.2, 0.25) is 10.0 Å². The number of nitrogens with zero attached hydrogens (tertiary/aromatic N) is 2. The molecule has 30 heavy (non-hydrogen) atoms. The van der Waals surface area contributed by atoms with Crippen LogP contribution in [0.25, 0.3) is 11.3 Å². The van der Waals surface area contributed by atoms with E-state index in [4.69, 9.17) is 43.1 Å². The molecule has 7 nitrogen and oxygen atoms in total. The molecule has 3 aromatic rings. The van der Waals surface area contributed by atoms with Gasteiger partial charge in [-0.25, -0.2) is 0 Å². The highest BCUT2D eigenvalue weighted by atomic mass is 35.5. The van der Waals surface area contributed by atoms with E-state index in [0.29, 0.717) is 38.4 Å². The number of benzene rings is 2. The monoisotopic (exact) mass is 442 g/mol. The number of nitrogens with one attached hydrogen (secondary N) is 1. The molecule has 0 saturated heterocycles. The summed E-state index contributed by atoms with van der Waals surface area (Å²) < 4.78 is 16.7. The summed E-state index contributed by atoms with van der Waals surface area (Å²) in [6, 6.07) is 12.8. The van der Waals surface area contributed by atoms with E-state index in [1.165, 1.54) is 7.11 Å². The first-order valence-corrected chi connectivity index (χ1v) is 9.57. The van der Waals surface area contributed by atoms with Crippen molar-refractivity contribution in [3.05, 3.63) is 69.0 Å². The maximum absolute atomic E-state index is 9.88. The maximum Gasteiger partial charge on any atom is 0.244 e. The fraction of sp³-hybridized carbons (Fsp3) is 0.143. The third-order valence-corrected chi connectivity index (χ3v) is 5.63. The fourth-order valence-electron chi connectivity index (χ4n) is 3.57. The summed E-state index contributed by atoms with van der Waals surface area (Å²) in [7, 11) is 3.08. The Balaban J connectivity index is 2.00. The highest BCUT2D eigenvalue weighted by molar-refractivity contribution is 6.42. The molecular formula is C21H16Cl2N4O3. The van der Waals surface area contributed by atoms with Crippen LogP contribution in [0.15, 0.2) is 47.9 Å². The zero-order valence-electron chi connectivity index (χ0n) is 16.0. The zero-order valence-corrected chi connectivity index (χ0v) is 17.5. The first-order valence-electron chi connectivity index (χ1n) is 8.82. The van der Waals surface area contributed by atoms with Crippen LogP contribution in [0.1, 0.15) is 17.0 Å². The number of rotatable bonds is 4. The van der Waals surface area contributed by atoms with Crippen molar-refractivity contribution in [1.29, 1.82) is 5.26 Å². The number of nitrogens with two attached hydrogens (primary N) is 1. The first kappa shape index (κ1) is 20.0. The second kappa shape index (κ2) is 7.82. The van der Waals surface area contributed by atoms with Gasteiger partial charge in [0.1, 0.15) is 11.6 Å². The summed E-state index contributed by atoms with van der Waals surface area (Å²) in [5.41, 5.74) is 8.96. The van der Waals surface area contributed by atoms with Gasteiger partial charge in [-0.05, 0) is 18.2 Å². The Morgan fingerprint density at radius 2 is 1.97 bits per heavy atom. The number of aromatic amines is 1. The van der Waals surface area contributed by atoms with E-state index in [2.05, 4.69) is 16.3 Å². The van der Waals surface area contributed by atoms with Gasteiger partial charge >= 0.3 is 0 Å².